The smallest absolute Gasteiger partial charge is 0.282 e. The first kappa shape index (κ1) is 12.3. The molecular formula is C13H14N2O3. The summed E-state index contributed by atoms with van der Waals surface area (Å²) < 4.78 is 0. The van der Waals surface area contributed by atoms with Crippen LogP contribution < -0.4 is 0 Å². The number of nitrogens with zero attached hydrogens (tertiary/aromatic N) is 2. The van der Waals surface area contributed by atoms with Crippen molar-refractivity contribution in [3.05, 3.63) is 52.6 Å². The molecule has 1 heterocycles. The number of benzene rings is 1. The van der Waals surface area contributed by atoms with Gasteiger partial charge in [-0.05, 0) is 18.9 Å². The SMILES string of the molecule is C=C[C@@H]1CCCN1C(=O)c1ccccc1[N+](=O)[O-]. The number of nitro groups is 1. The summed E-state index contributed by atoms with van der Waals surface area (Å²) in [5, 5.41) is 10.9. The van der Waals surface area contributed by atoms with E-state index in [2.05, 4.69) is 6.58 Å². The second kappa shape index (κ2) is 5.00. The predicted molar refractivity (Wildman–Crippen MR) is 67.4 cm³/mol. The molecule has 1 amide bonds. The van der Waals surface area contributed by atoms with Gasteiger partial charge in [-0.2, -0.15) is 0 Å². The van der Waals surface area contributed by atoms with Crippen LogP contribution in [-0.4, -0.2) is 28.3 Å². The lowest BCUT2D eigenvalue weighted by molar-refractivity contribution is -0.385. The standard InChI is InChI=1S/C13H14N2O3/c1-2-10-6-5-9-14(10)13(16)11-7-3-4-8-12(11)15(17)18/h2-4,7-8,10H,1,5-6,9H2/t10-/m1/s1. The van der Waals surface area contributed by atoms with E-state index in [0.29, 0.717) is 6.54 Å². The molecule has 1 atom stereocenters. The highest BCUT2D eigenvalue weighted by molar-refractivity contribution is 5.98. The van der Waals surface area contributed by atoms with E-state index in [9.17, 15) is 14.9 Å². The van der Waals surface area contributed by atoms with Crippen LogP contribution in [0.1, 0.15) is 23.2 Å². The van der Waals surface area contributed by atoms with Crippen LogP contribution in [-0.2, 0) is 0 Å². The van der Waals surface area contributed by atoms with Gasteiger partial charge in [0.2, 0.25) is 0 Å². The molecule has 0 aliphatic carbocycles. The van der Waals surface area contributed by atoms with E-state index >= 15 is 0 Å². The third-order valence-electron chi connectivity index (χ3n) is 3.16. The first-order chi connectivity index (χ1) is 8.65. The summed E-state index contributed by atoms with van der Waals surface area (Å²) in [5.74, 6) is -0.287. The Morgan fingerprint density at radius 2 is 2.22 bits per heavy atom. The van der Waals surface area contributed by atoms with Crippen LogP contribution in [0.3, 0.4) is 0 Å². The average molecular weight is 246 g/mol. The maximum Gasteiger partial charge on any atom is 0.282 e. The molecule has 0 saturated carbocycles. The Balaban J connectivity index is 2.34. The van der Waals surface area contributed by atoms with Crippen LogP contribution in [0.2, 0.25) is 0 Å². The predicted octanol–water partition coefficient (Wildman–Crippen LogP) is 2.39. The Morgan fingerprint density at radius 1 is 1.50 bits per heavy atom. The molecule has 5 nitrogen and oxygen atoms in total. The number of hydrogen-bond acceptors (Lipinski definition) is 3. The van der Waals surface area contributed by atoms with Gasteiger partial charge in [0.1, 0.15) is 5.56 Å². The van der Waals surface area contributed by atoms with E-state index in [1.165, 1.54) is 12.1 Å². The molecule has 1 saturated heterocycles. The number of nitro benzene ring substituents is 1. The largest absolute Gasteiger partial charge is 0.332 e. The molecule has 2 rings (SSSR count). The molecule has 18 heavy (non-hydrogen) atoms. The fraction of sp³-hybridized carbons (Fsp3) is 0.308. The Labute approximate surface area is 105 Å². The summed E-state index contributed by atoms with van der Waals surface area (Å²) in [4.78, 5) is 24.3. The second-order valence-corrected chi connectivity index (χ2v) is 4.22. The van der Waals surface area contributed by atoms with E-state index in [1.54, 1.807) is 23.1 Å². The Morgan fingerprint density at radius 3 is 2.89 bits per heavy atom. The minimum atomic E-state index is -0.522. The molecule has 1 aromatic carbocycles. The van der Waals surface area contributed by atoms with Crippen molar-refractivity contribution in [2.45, 2.75) is 18.9 Å². The maximum absolute atomic E-state index is 12.3. The van der Waals surface area contributed by atoms with Gasteiger partial charge in [-0.3, -0.25) is 14.9 Å². The van der Waals surface area contributed by atoms with Crippen LogP contribution >= 0.6 is 0 Å². The summed E-state index contributed by atoms with van der Waals surface area (Å²) in [6, 6.07) is 6.03. The van der Waals surface area contributed by atoms with Crippen LogP contribution in [0.5, 0.6) is 0 Å². The summed E-state index contributed by atoms with van der Waals surface area (Å²) >= 11 is 0. The van der Waals surface area contributed by atoms with Gasteiger partial charge in [0, 0.05) is 12.6 Å². The monoisotopic (exact) mass is 246 g/mol. The van der Waals surface area contributed by atoms with E-state index in [4.69, 9.17) is 0 Å². The third kappa shape index (κ3) is 2.11. The topological polar surface area (TPSA) is 63.5 Å². The lowest BCUT2D eigenvalue weighted by atomic mass is 10.1. The quantitative estimate of drug-likeness (QED) is 0.467. The first-order valence-electron chi connectivity index (χ1n) is 5.82. The molecule has 5 heteroatoms. The Kier molecular flexibility index (Phi) is 3.41. The number of likely N-dealkylation sites (tertiary alicyclic amines) is 1. The molecule has 1 aromatic rings. The van der Waals surface area contributed by atoms with Crippen molar-refractivity contribution in [2.75, 3.05) is 6.54 Å². The number of rotatable bonds is 3. The fourth-order valence-electron chi connectivity index (χ4n) is 2.26. The van der Waals surface area contributed by atoms with Gasteiger partial charge in [-0.15, -0.1) is 6.58 Å². The molecule has 0 N–H and O–H groups in total. The van der Waals surface area contributed by atoms with E-state index in [0.717, 1.165) is 12.8 Å². The maximum atomic E-state index is 12.3. The van der Waals surface area contributed by atoms with Crippen molar-refractivity contribution in [1.82, 2.24) is 4.90 Å². The van der Waals surface area contributed by atoms with Crippen molar-refractivity contribution >= 4 is 11.6 Å². The lowest BCUT2D eigenvalue weighted by Gasteiger charge is -2.21. The molecule has 94 valence electrons. The molecule has 1 aliphatic heterocycles. The Bertz CT molecular complexity index is 499. The van der Waals surface area contributed by atoms with Gasteiger partial charge >= 0.3 is 0 Å². The van der Waals surface area contributed by atoms with Crippen molar-refractivity contribution in [3.63, 3.8) is 0 Å². The first-order valence-corrected chi connectivity index (χ1v) is 5.82. The zero-order valence-corrected chi connectivity index (χ0v) is 9.91. The summed E-state index contributed by atoms with van der Waals surface area (Å²) in [6.07, 6.45) is 3.50. The molecular weight excluding hydrogens is 232 g/mol. The van der Waals surface area contributed by atoms with Crippen LogP contribution in [0.25, 0.3) is 0 Å². The van der Waals surface area contributed by atoms with Gasteiger partial charge in [-0.25, -0.2) is 0 Å². The van der Waals surface area contributed by atoms with Gasteiger partial charge in [0.05, 0.1) is 11.0 Å². The highest BCUT2D eigenvalue weighted by Crippen LogP contribution is 2.25. The zero-order chi connectivity index (χ0) is 13.1. The second-order valence-electron chi connectivity index (χ2n) is 4.22. The normalized spacial score (nSPS) is 18.7. The van der Waals surface area contributed by atoms with Crippen molar-refractivity contribution in [2.24, 2.45) is 0 Å². The lowest BCUT2D eigenvalue weighted by Crippen LogP contribution is -2.34. The number of amides is 1. The minimum Gasteiger partial charge on any atom is -0.332 e. The van der Waals surface area contributed by atoms with Gasteiger partial charge < -0.3 is 4.90 Å². The summed E-state index contributed by atoms with van der Waals surface area (Å²) in [6.45, 7) is 4.33. The van der Waals surface area contributed by atoms with Crippen molar-refractivity contribution in [1.29, 1.82) is 0 Å². The summed E-state index contributed by atoms with van der Waals surface area (Å²) in [5.41, 5.74) is 0.00784. The molecule has 1 fully saturated rings. The zero-order valence-electron chi connectivity index (χ0n) is 9.91. The summed E-state index contributed by atoms with van der Waals surface area (Å²) in [7, 11) is 0. The highest BCUT2D eigenvalue weighted by Gasteiger charge is 2.30. The van der Waals surface area contributed by atoms with E-state index in [1.807, 2.05) is 0 Å². The molecule has 0 spiro atoms. The number of carbonyl (C=O) groups excluding carboxylic acids is 1. The Hall–Kier alpha value is -2.17. The molecule has 0 radical (unpaired) electrons. The highest BCUT2D eigenvalue weighted by atomic mass is 16.6. The van der Waals surface area contributed by atoms with Crippen LogP contribution in [0, 0.1) is 10.1 Å². The molecule has 0 unspecified atom stereocenters. The van der Waals surface area contributed by atoms with Gasteiger partial charge in [0.15, 0.2) is 0 Å². The third-order valence-corrected chi connectivity index (χ3v) is 3.16. The fourth-order valence-corrected chi connectivity index (χ4v) is 2.26. The van der Waals surface area contributed by atoms with E-state index in [-0.39, 0.29) is 23.2 Å². The van der Waals surface area contributed by atoms with Crippen LogP contribution in [0.15, 0.2) is 36.9 Å². The number of carbonyl (C=O) groups is 1. The minimum absolute atomic E-state index is 0.0164. The van der Waals surface area contributed by atoms with Crippen molar-refractivity contribution < 1.29 is 9.72 Å². The van der Waals surface area contributed by atoms with Gasteiger partial charge in [-0.1, -0.05) is 18.2 Å². The number of hydrogen-bond donors (Lipinski definition) is 0. The van der Waals surface area contributed by atoms with Crippen LogP contribution in [0.4, 0.5) is 5.69 Å². The molecule has 0 aromatic heterocycles. The van der Waals surface area contributed by atoms with Crippen molar-refractivity contribution in [3.8, 4) is 0 Å². The molecule has 0 bridgehead atoms. The number of para-hydroxylation sites is 1. The van der Waals surface area contributed by atoms with E-state index < -0.39 is 4.92 Å². The van der Waals surface area contributed by atoms with Gasteiger partial charge in [0.25, 0.3) is 11.6 Å². The average Bonchev–Trinajstić information content (AvgIpc) is 2.86. The molecule has 1 aliphatic rings.